The van der Waals surface area contributed by atoms with E-state index in [1.807, 2.05) is 6.92 Å². The predicted molar refractivity (Wildman–Crippen MR) is 118 cm³/mol. The van der Waals surface area contributed by atoms with Crippen LogP contribution >= 0.6 is 0 Å². The van der Waals surface area contributed by atoms with Gasteiger partial charge in [0.25, 0.3) is 11.8 Å². The summed E-state index contributed by atoms with van der Waals surface area (Å²) in [4.78, 5) is 29.4. The molecule has 3 rings (SSSR count). The molecule has 0 unspecified atom stereocenters. The van der Waals surface area contributed by atoms with Crippen molar-refractivity contribution in [3.63, 3.8) is 0 Å². The van der Waals surface area contributed by atoms with Crippen LogP contribution < -0.4 is 10.1 Å². The maximum atomic E-state index is 13.8. The molecule has 0 bridgehead atoms. The molecule has 0 aliphatic heterocycles. The summed E-state index contributed by atoms with van der Waals surface area (Å²) in [6.07, 6.45) is 0. The number of benzene rings is 2. The number of esters is 1. The summed E-state index contributed by atoms with van der Waals surface area (Å²) in [5.74, 6) is -0.753. The van der Waals surface area contributed by atoms with E-state index in [1.54, 1.807) is 57.2 Å². The highest BCUT2D eigenvalue weighted by molar-refractivity contribution is 5.96. The summed E-state index contributed by atoms with van der Waals surface area (Å²) in [5.41, 5.74) is 1.34. The van der Waals surface area contributed by atoms with Crippen molar-refractivity contribution >= 4 is 11.9 Å². The van der Waals surface area contributed by atoms with Crippen LogP contribution in [0.5, 0.6) is 5.75 Å². The van der Waals surface area contributed by atoms with E-state index in [-0.39, 0.29) is 30.1 Å². The van der Waals surface area contributed by atoms with E-state index in [2.05, 4.69) is 15.5 Å². The molecule has 1 N–H and O–H groups in total. The number of carbonyl (C=O) groups is 2. The fourth-order valence-corrected chi connectivity index (χ4v) is 2.98. The van der Waals surface area contributed by atoms with Crippen LogP contribution in [0.15, 0.2) is 47.0 Å². The second kappa shape index (κ2) is 10.7. The first-order chi connectivity index (χ1) is 15.8. The normalized spacial score (nSPS) is 11.8. The van der Waals surface area contributed by atoms with Crippen LogP contribution in [0.2, 0.25) is 0 Å². The number of aryl methyl sites for hydroxylation is 1. The van der Waals surface area contributed by atoms with E-state index in [4.69, 9.17) is 14.0 Å². The van der Waals surface area contributed by atoms with Gasteiger partial charge < -0.3 is 19.3 Å². The lowest BCUT2D eigenvalue weighted by Gasteiger charge is -2.20. The topological polar surface area (TPSA) is 104 Å². The molecule has 1 amide bonds. The lowest BCUT2D eigenvalue weighted by atomic mass is 10.0. The highest BCUT2D eigenvalue weighted by Crippen LogP contribution is 2.19. The van der Waals surface area contributed by atoms with Gasteiger partial charge in [0.2, 0.25) is 5.82 Å². The van der Waals surface area contributed by atoms with Crippen molar-refractivity contribution in [1.29, 1.82) is 0 Å². The van der Waals surface area contributed by atoms with Crippen LogP contribution in [-0.2, 0) is 16.1 Å². The van der Waals surface area contributed by atoms with Gasteiger partial charge in [-0.2, -0.15) is 4.98 Å². The van der Waals surface area contributed by atoms with Crippen molar-refractivity contribution in [2.45, 2.75) is 40.3 Å². The highest BCUT2D eigenvalue weighted by Gasteiger charge is 2.27. The first-order valence-corrected chi connectivity index (χ1v) is 10.6. The first kappa shape index (κ1) is 23.9. The van der Waals surface area contributed by atoms with Crippen molar-refractivity contribution < 1.29 is 28.0 Å². The minimum atomic E-state index is -0.877. The smallest absolute Gasteiger partial charge is 0.329 e. The van der Waals surface area contributed by atoms with E-state index in [9.17, 15) is 14.0 Å². The molecule has 0 aliphatic carbocycles. The van der Waals surface area contributed by atoms with E-state index in [0.717, 1.165) is 0 Å². The predicted octanol–water partition coefficient (Wildman–Crippen LogP) is 4.08. The van der Waals surface area contributed by atoms with Gasteiger partial charge in [-0.3, -0.25) is 4.79 Å². The van der Waals surface area contributed by atoms with Gasteiger partial charge in [0, 0.05) is 11.1 Å². The Hall–Kier alpha value is -3.75. The van der Waals surface area contributed by atoms with Gasteiger partial charge in [-0.1, -0.05) is 31.1 Å². The van der Waals surface area contributed by atoms with Crippen molar-refractivity contribution in [1.82, 2.24) is 15.5 Å². The standard InChI is InChI=1S/C24H26FN3O5/c1-5-31-18-10-8-16(9-11-18)23(29)27-21(14(2)3)24(30)32-13-20-26-22(28-33-20)17-7-6-15(4)19(25)12-17/h6-12,14,21H,5,13H2,1-4H3,(H,27,29)/t21-/m0/s1. The number of amides is 1. The number of hydrogen-bond acceptors (Lipinski definition) is 7. The zero-order valence-corrected chi connectivity index (χ0v) is 18.9. The molecule has 0 fully saturated rings. The SMILES string of the molecule is CCOc1ccc(C(=O)N[C@H](C(=O)OCc2nc(-c3ccc(C)c(F)c3)no2)C(C)C)cc1. The quantitative estimate of drug-likeness (QED) is 0.485. The molecule has 0 aliphatic rings. The monoisotopic (exact) mass is 455 g/mol. The Morgan fingerprint density at radius 3 is 2.52 bits per heavy atom. The molecule has 0 saturated carbocycles. The second-order valence-electron chi connectivity index (χ2n) is 7.74. The number of nitrogens with one attached hydrogen (secondary N) is 1. The Morgan fingerprint density at radius 1 is 1.15 bits per heavy atom. The molecule has 3 aromatic rings. The zero-order chi connectivity index (χ0) is 24.0. The molecule has 0 radical (unpaired) electrons. The van der Waals surface area contributed by atoms with Crippen LogP contribution in [0, 0.1) is 18.7 Å². The lowest BCUT2D eigenvalue weighted by Crippen LogP contribution is -2.45. The third-order valence-electron chi connectivity index (χ3n) is 4.87. The number of halogens is 1. The van der Waals surface area contributed by atoms with Gasteiger partial charge in [-0.25, -0.2) is 9.18 Å². The summed E-state index contributed by atoms with van der Waals surface area (Å²) in [7, 11) is 0. The van der Waals surface area contributed by atoms with E-state index in [0.29, 0.717) is 29.0 Å². The molecule has 8 nitrogen and oxygen atoms in total. The largest absolute Gasteiger partial charge is 0.494 e. The van der Waals surface area contributed by atoms with Crippen molar-refractivity contribution in [2.24, 2.45) is 5.92 Å². The van der Waals surface area contributed by atoms with Crippen LogP contribution in [0.3, 0.4) is 0 Å². The van der Waals surface area contributed by atoms with Gasteiger partial charge in [-0.05, 0) is 55.7 Å². The van der Waals surface area contributed by atoms with Crippen LogP contribution in [0.1, 0.15) is 42.6 Å². The highest BCUT2D eigenvalue weighted by atomic mass is 19.1. The summed E-state index contributed by atoms with van der Waals surface area (Å²) >= 11 is 0. The van der Waals surface area contributed by atoms with Gasteiger partial charge >= 0.3 is 5.97 Å². The Balaban J connectivity index is 1.60. The molecule has 1 heterocycles. The number of hydrogen-bond donors (Lipinski definition) is 1. The zero-order valence-electron chi connectivity index (χ0n) is 18.9. The van der Waals surface area contributed by atoms with Gasteiger partial charge in [0.1, 0.15) is 17.6 Å². The fraction of sp³-hybridized carbons (Fsp3) is 0.333. The summed E-state index contributed by atoms with van der Waals surface area (Å²) < 4.78 is 29.5. The van der Waals surface area contributed by atoms with Crippen molar-refractivity contribution in [2.75, 3.05) is 6.61 Å². The van der Waals surface area contributed by atoms with Crippen molar-refractivity contribution in [3.8, 4) is 17.1 Å². The van der Waals surface area contributed by atoms with Crippen LogP contribution in [0.25, 0.3) is 11.4 Å². The molecule has 9 heteroatoms. The molecular formula is C24H26FN3O5. The summed E-state index contributed by atoms with van der Waals surface area (Å²) in [5, 5.41) is 6.50. The Kier molecular flexibility index (Phi) is 7.76. The second-order valence-corrected chi connectivity index (χ2v) is 7.74. The van der Waals surface area contributed by atoms with Crippen molar-refractivity contribution in [3.05, 3.63) is 65.3 Å². The lowest BCUT2D eigenvalue weighted by molar-refractivity contribution is -0.149. The third-order valence-corrected chi connectivity index (χ3v) is 4.87. The summed E-state index contributed by atoms with van der Waals surface area (Å²) in [6.45, 7) is 7.36. The molecule has 2 aromatic carbocycles. The Morgan fingerprint density at radius 2 is 1.88 bits per heavy atom. The molecular weight excluding hydrogens is 429 g/mol. The number of carbonyl (C=O) groups excluding carboxylic acids is 2. The minimum absolute atomic E-state index is 0.0553. The third kappa shape index (κ3) is 6.15. The Bertz CT molecular complexity index is 1110. The molecule has 0 spiro atoms. The number of nitrogens with zero attached hydrogens (tertiary/aromatic N) is 2. The van der Waals surface area contributed by atoms with E-state index in [1.165, 1.54) is 6.07 Å². The van der Waals surface area contributed by atoms with E-state index < -0.39 is 17.9 Å². The average molecular weight is 455 g/mol. The first-order valence-electron chi connectivity index (χ1n) is 10.6. The summed E-state index contributed by atoms with van der Waals surface area (Å²) in [6, 6.07) is 10.3. The minimum Gasteiger partial charge on any atom is -0.494 e. The number of aromatic nitrogens is 2. The van der Waals surface area contributed by atoms with Gasteiger partial charge in [-0.15, -0.1) is 0 Å². The van der Waals surface area contributed by atoms with Crippen LogP contribution in [-0.4, -0.2) is 34.7 Å². The number of rotatable bonds is 9. The molecule has 33 heavy (non-hydrogen) atoms. The number of ether oxygens (including phenoxy) is 2. The molecule has 0 saturated heterocycles. The van der Waals surface area contributed by atoms with Gasteiger partial charge in [0.05, 0.1) is 6.61 Å². The maximum absolute atomic E-state index is 13.8. The molecule has 1 aromatic heterocycles. The molecule has 174 valence electrons. The fourth-order valence-electron chi connectivity index (χ4n) is 2.98. The molecule has 1 atom stereocenters. The van der Waals surface area contributed by atoms with Crippen LogP contribution in [0.4, 0.5) is 4.39 Å². The van der Waals surface area contributed by atoms with Gasteiger partial charge in [0.15, 0.2) is 6.61 Å². The maximum Gasteiger partial charge on any atom is 0.329 e. The Labute approximate surface area is 191 Å². The van der Waals surface area contributed by atoms with E-state index >= 15 is 0 Å². The average Bonchev–Trinajstić information content (AvgIpc) is 3.27.